The van der Waals surface area contributed by atoms with Crippen molar-refractivity contribution in [3.8, 4) is 0 Å². The van der Waals surface area contributed by atoms with E-state index in [9.17, 15) is 0 Å². The van der Waals surface area contributed by atoms with Gasteiger partial charge in [-0.1, -0.05) is 0 Å². The Hall–Kier alpha value is -0.830. The second-order valence-corrected chi connectivity index (χ2v) is 4.10. The molecule has 1 heterocycles. The molecule has 1 saturated carbocycles. The van der Waals surface area contributed by atoms with Gasteiger partial charge < -0.3 is 5.32 Å². The molecule has 0 bridgehead atoms. The fourth-order valence-electron chi connectivity index (χ4n) is 1.81. The Balaban J connectivity index is 2.17. The van der Waals surface area contributed by atoms with Crippen molar-refractivity contribution in [1.29, 1.82) is 0 Å². The fraction of sp³-hybridized carbons (Fsp3) is 0.700. The smallest absolute Gasteiger partial charge is 0.0521 e. The second-order valence-electron chi connectivity index (χ2n) is 4.10. The minimum Gasteiger partial charge on any atom is -0.314 e. The topological polar surface area (TPSA) is 29.9 Å². The highest BCUT2D eigenvalue weighted by atomic mass is 15.3. The summed E-state index contributed by atoms with van der Waals surface area (Å²) in [5, 5.41) is 7.66. The summed E-state index contributed by atoms with van der Waals surface area (Å²) in [4.78, 5) is 0. The summed E-state index contributed by atoms with van der Waals surface area (Å²) in [7, 11) is 4.08. The Kier molecular flexibility index (Phi) is 1.91. The van der Waals surface area contributed by atoms with E-state index in [4.69, 9.17) is 0 Å². The van der Waals surface area contributed by atoms with Gasteiger partial charge in [-0.25, -0.2) is 0 Å². The first-order valence-electron chi connectivity index (χ1n) is 4.83. The fourth-order valence-corrected chi connectivity index (χ4v) is 1.81. The van der Waals surface area contributed by atoms with Crippen LogP contribution in [0.15, 0.2) is 6.20 Å². The molecule has 0 aliphatic heterocycles. The van der Waals surface area contributed by atoms with Crippen LogP contribution >= 0.6 is 0 Å². The first-order chi connectivity index (χ1) is 6.17. The predicted molar refractivity (Wildman–Crippen MR) is 52.7 cm³/mol. The molecule has 2 rings (SSSR count). The van der Waals surface area contributed by atoms with E-state index >= 15 is 0 Å². The molecular weight excluding hydrogens is 162 g/mol. The average molecular weight is 179 g/mol. The first kappa shape index (κ1) is 8.75. The number of likely N-dealkylation sites (N-methyl/N-ethyl adjacent to an activating group) is 1. The van der Waals surface area contributed by atoms with E-state index in [1.807, 2.05) is 17.9 Å². The molecule has 72 valence electrons. The monoisotopic (exact) mass is 179 g/mol. The van der Waals surface area contributed by atoms with Crippen LogP contribution in [0.5, 0.6) is 0 Å². The average Bonchev–Trinajstić information content (AvgIpc) is 2.84. The Morgan fingerprint density at radius 2 is 2.31 bits per heavy atom. The summed E-state index contributed by atoms with van der Waals surface area (Å²) in [6.07, 6.45) is 5.66. The van der Waals surface area contributed by atoms with Gasteiger partial charge in [0, 0.05) is 24.7 Å². The summed E-state index contributed by atoms with van der Waals surface area (Å²) < 4.78 is 1.99. The predicted octanol–water partition coefficient (Wildman–Crippen LogP) is 1.02. The van der Waals surface area contributed by atoms with Gasteiger partial charge in [-0.3, -0.25) is 4.68 Å². The van der Waals surface area contributed by atoms with Crippen molar-refractivity contribution in [3.63, 3.8) is 0 Å². The third-order valence-electron chi connectivity index (χ3n) is 3.16. The maximum Gasteiger partial charge on any atom is 0.0521 e. The van der Waals surface area contributed by atoms with Gasteiger partial charge in [-0.05, 0) is 32.4 Å². The zero-order valence-corrected chi connectivity index (χ0v) is 8.59. The molecule has 0 spiro atoms. The number of nitrogens with zero attached hydrogens (tertiary/aromatic N) is 2. The SMILES string of the molecule is CNC1(Cc2c(C)cnn2C)CC1. The summed E-state index contributed by atoms with van der Waals surface area (Å²) in [5.41, 5.74) is 3.06. The number of hydrogen-bond donors (Lipinski definition) is 1. The molecule has 0 saturated heterocycles. The maximum atomic E-state index is 4.25. The largest absolute Gasteiger partial charge is 0.314 e. The van der Waals surface area contributed by atoms with Crippen LogP contribution in [0.3, 0.4) is 0 Å². The molecule has 1 fully saturated rings. The van der Waals surface area contributed by atoms with Crippen LogP contribution in [-0.4, -0.2) is 22.4 Å². The molecule has 3 nitrogen and oxygen atoms in total. The maximum absolute atomic E-state index is 4.25. The van der Waals surface area contributed by atoms with Gasteiger partial charge in [0.15, 0.2) is 0 Å². The highest BCUT2D eigenvalue weighted by Gasteiger charge is 2.41. The van der Waals surface area contributed by atoms with E-state index in [2.05, 4.69) is 24.4 Å². The quantitative estimate of drug-likeness (QED) is 0.751. The van der Waals surface area contributed by atoms with Gasteiger partial charge in [-0.2, -0.15) is 5.10 Å². The number of aryl methyl sites for hydroxylation is 2. The van der Waals surface area contributed by atoms with Crippen LogP contribution in [-0.2, 0) is 13.5 Å². The molecule has 13 heavy (non-hydrogen) atoms. The van der Waals surface area contributed by atoms with E-state index < -0.39 is 0 Å². The van der Waals surface area contributed by atoms with Crippen LogP contribution in [0.1, 0.15) is 24.1 Å². The zero-order valence-electron chi connectivity index (χ0n) is 8.59. The molecule has 1 aromatic heterocycles. The molecule has 1 aliphatic rings. The van der Waals surface area contributed by atoms with Gasteiger partial charge in [0.2, 0.25) is 0 Å². The number of hydrogen-bond acceptors (Lipinski definition) is 2. The molecule has 1 aromatic rings. The molecular formula is C10H17N3. The molecule has 0 amide bonds. The second kappa shape index (κ2) is 2.84. The van der Waals surface area contributed by atoms with Gasteiger partial charge in [-0.15, -0.1) is 0 Å². The van der Waals surface area contributed by atoms with Crippen LogP contribution in [0.4, 0.5) is 0 Å². The molecule has 1 aliphatic carbocycles. The van der Waals surface area contributed by atoms with Gasteiger partial charge >= 0.3 is 0 Å². The normalized spacial score (nSPS) is 19.0. The van der Waals surface area contributed by atoms with Crippen LogP contribution in [0, 0.1) is 6.92 Å². The third kappa shape index (κ3) is 1.48. The number of aromatic nitrogens is 2. The minimum absolute atomic E-state index is 0.387. The van der Waals surface area contributed by atoms with Crippen molar-refractivity contribution in [2.75, 3.05) is 7.05 Å². The summed E-state index contributed by atoms with van der Waals surface area (Å²) in [5.74, 6) is 0. The van der Waals surface area contributed by atoms with E-state index in [1.54, 1.807) is 0 Å². The van der Waals surface area contributed by atoms with Gasteiger partial charge in [0.1, 0.15) is 0 Å². The summed E-state index contributed by atoms with van der Waals surface area (Å²) in [6, 6.07) is 0. The van der Waals surface area contributed by atoms with Gasteiger partial charge in [0.05, 0.1) is 6.20 Å². The van der Waals surface area contributed by atoms with Crippen LogP contribution in [0.25, 0.3) is 0 Å². The van der Waals surface area contributed by atoms with Crippen molar-refractivity contribution >= 4 is 0 Å². The zero-order chi connectivity index (χ0) is 9.47. The van der Waals surface area contributed by atoms with E-state index in [0.29, 0.717) is 5.54 Å². The highest BCUT2D eigenvalue weighted by Crippen LogP contribution is 2.38. The summed E-state index contributed by atoms with van der Waals surface area (Å²) >= 11 is 0. The minimum atomic E-state index is 0.387. The van der Waals surface area contributed by atoms with Crippen LogP contribution in [0.2, 0.25) is 0 Å². The van der Waals surface area contributed by atoms with E-state index in [1.165, 1.54) is 24.1 Å². The first-order valence-corrected chi connectivity index (χ1v) is 4.83. The lowest BCUT2D eigenvalue weighted by molar-refractivity contribution is 0.523. The molecule has 0 atom stereocenters. The van der Waals surface area contributed by atoms with Crippen molar-refractivity contribution in [1.82, 2.24) is 15.1 Å². The summed E-state index contributed by atoms with van der Waals surface area (Å²) in [6.45, 7) is 2.13. The molecule has 0 radical (unpaired) electrons. The Labute approximate surface area is 79.1 Å². The molecule has 3 heteroatoms. The number of rotatable bonds is 3. The Bertz CT molecular complexity index is 290. The van der Waals surface area contributed by atoms with Crippen molar-refractivity contribution in [3.05, 3.63) is 17.5 Å². The van der Waals surface area contributed by atoms with Crippen molar-refractivity contribution in [2.24, 2.45) is 7.05 Å². The molecule has 0 unspecified atom stereocenters. The van der Waals surface area contributed by atoms with E-state index in [0.717, 1.165) is 6.42 Å². The van der Waals surface area contributed by atoms with E-state index in [-0.39, 0.29) is 0 Å². The Morgan fingerprint density at radius 3 is 2.69 bits per heavy atom. The van der Waals surface area contributed by atoms with Crippen molar-refractivity contribution < 1.29 is 0 Å². The standard InChI is InChI=1S/C10H17N3/c1-8-7-12-13(3)9(8)6-10(11-2)4-5-10/h7,11H,4-6H2,1-3H3. The lowest BCUT2D eigenvalue weighted by atomic mass is 10.1. The third-order valence-corrected chi connectivity index (χ3v) is 3.16. The van der Waals surface area contributed by atoms with Gasteiger partial charge in [0.25, 0.3) is 0 Å². The molecule has 1 N–H and O–H groups in total. The number of nitrogens with one attached hydrogen (secondary N) is 1. The Morgan fingerprint density at radius 1 is 1.62 bits per heavy atom. The van der Waals surface area contributed by atoms with Crippen LogP contribution < -0.4 is 5.32 Å². The lowest BCUT2D eigenvalue weighted by Crippen LogP contribution is -2.30. The molecule has 0 aromatic carbocycles. The lowest BCUT2D eigenvalue weighted by Gasteiger charge is -2.14. The van der Waals surface area contributed by atoms with Crippen molar-refractivity contribution in [2.45, 2.75) is 31.7 Å². The highest BCUT2D eigenvalue weighted by molar-refractivity contribution is 5.21.